The quantitative estimate of drug-likeness (QED) is 0.758. The van der Waals surface area contributed by atoms with Gasteiger partial charge in [0.25, 0.3) is 0 Å². The molecule has 0 spiro atoms. The first-order valence-electron chi connectivity index (χ1n) is 8.20. The van der Waals surface area contributed by atoms with E-state index >= 15 is 0 Å². The number of allylic oxidation sites excluding steroid dienone is 1. The maximum Gasteiger partial charge on any atom is 0.136 e. The largest absolute Gasteiger partial charge is 0.356 e. The van der Waals surface area contributed by atoms with Crippen LogP contribution in [0.4, 0.5) is 5.82 Å². The number of rotatable bonds is 2. The minimum absolute atomic E-state index is 0.467. The fourth-order valence-corrected chi connectivity index (χ4v) is 3.22. The number of hydrogen-bond acceptors (Lipinski definition) is 2. The monoisotopic (exact) mass is 286 g/mol. The van der Waals surface area contributed by atoms with Crippen LogP contribution in [0.25, 0.3) is 5.57 Å². The summed E-state index contributed by atoms with van der Waals surface area (Å²) in [4.78, 5) is 7.27. The molecule has 0 unspecified atom stereocenters. The van der Waals surface area contributed by atoms with Crippen molar-refractivity contribution in [1.82, 2.24) is 4.98 Å². The zero-order valence-electron chi connectivity index (χ0n) is 14.9. The molecule has 1 aliphatic rings. The Morgan fingerprint density at radius 2 is 1.71 bits per heavy atom. The van der Waals surface area contributed by atoms with E-state index in [-0.39, 0.29) is 0 Å². The number of aryl methyl sites for hydroxylation is 1. The summed E-state index contributed by atoms with van der Waals surface area (Å²) in [5.74, 6) is 2.73. The minimum Gasteiger partial charge on any atom is -0.356 e. The third-order valence-corrected chi connectivity index (χ3v) is 4.84. The number of pyridine rings is 1. The molecule has 0 aliphatic carbocycles. The highest BCUT2D eigenvalue weighted by molar-refractivity contribution is 5.80. The lowest BCUT2D eigenvalue weighted by atomic mass is 9.86. The molecule has 1 aromatic rings. The van der Waals surface area contributed by atoms with Crippen LogP contribution in [0.2, 0.25) is 0 Å². The zero-order valence-corrected chi connectivity index (χ0v) is 14.9. The van der Waals surface area contributed by atoms with Gasteiger partial charge in [-0.2, -0.15) is 0 Å². The van der Waals surface area contributed by atoms with Crippen molar-refractivity contribution in [3.05, 3.63) is 29.0 Å². The summed E-state index contributed by atoms with van der Waals surface area (Å²) in [6, 6.07) is 2.74. The second-order valence-electron chi connectivity index (χ2n) is 7.19. The van der Waals surface area contributed by atoms with Crippen LogP contribution < -0.4 is 4.90 Å². The summed E-state index contributed by atoms with van der Waals surface area (Å²) in [7, 11) is 2.19. The van der Waals surface area contributed by atoms with Gasteiger partial charge in [0.1, 0.15) is 5.82 Å². The van der Waals surface area contributed by atoms with E-state index in [1.165, 1.54) is 16.7 Å². The molecule has 0 radical (unpaired) electrons. The van der Waals surface area contributed by atoms with E-state index in [1.54, 1.807) is 0 Å². The summed E-state index contributed by atoms with van der Waals surface area (Å²) in [6.45, 7) is 15.9. The fraction of sp³-hybridized carbons (Fsp3) is 0.632. The fourth-order valence-electron chi connectivity index (χ4n) is 3.22. The van der Waals surface area contributed by atoms with Crippen molar-refractivity contribution in [3.8, 4) is 0 Å². The predicted octanol–water partition coefficient (Wildman–Crippen LogP) is 5.03. The summed E-state index contributed by atoms with van der Waals surface area (Å²) < 4.78 is 0. The van der Waals surface area contributed by atoms with Crippen LogP contribution in [0.3, 0.4) is 0 Å². The molecule has 0 bridgehead atoms. The Bertz CT molecular complexity index is 555. The van der Waals surface area contributed by atoms with Gasteiger partial charge in [-0.25, -0.2) is 4.98 Å². The van der Waals surface area contributed by atoms with Crippen molar-refractivity contribution in [2.45, 2.75) is 60.4 Å². The van der Waals surface area contributed by atoms with E-state index in [9.17, 15) is 0 Å². The molecule has 2 heteroatoms. The second-order valence-corrected chi connectivity index (χ2v) is 7.19. The molecular weight excluding hydrogens is 256 g/mol. The summed E-state index contributed by atoms with van der Waals surface area (Å²) in [5, 5.41) is 0. The smallest absolute Gasteiger partial charge is 0.136 e. The normalized spacial score (nSPS) is 22.4. The Hall–Kier alpha value is -1.31. The van der Waals surface area contributed by atoms with Gasteiger partial charge in [-0.1, -0.05) is 40.7 Å². The first-order chi connectivity index (χ1) is 9.73. The molecule has 2 rings (SSSR count). The SMILES string of the molecule is Cc1cc(C(C)C)c2c(n1)N(C)[C@H](C)[C@H](C)C=C2C(C)C. The Labute approximate surface area is 130 Å². The molecule has 116 valence electrons. The van der Waals surface area contributed by atoms with E-state index in [0.717, 1.165) is 11.5 Å². The number of aromatic nitrogens is 1. The van der Waals surface area contributed by atoms with Gasteiger partial charge in [0.15, 0.2) is 0 Å². The van der Waals surface area contributed by atoms with Gasteiger partial charge in [0, 0.05) is 24.3 Å². The van der Waals surface area contributed by atoms with Crippen LogP contribution in [-0.4, -0.2) is 18.1 Å². The average molecular weight is 286 g/mol. The summed E-state index contributed by atoms with van der Waals surface area (Å²) in [6.07, 6.45) is 2.47. The number of hydrogen-bond donors (Lipinski definition) is 0. The van der Waals surface area contributed by atoms with Crippen molar-refractivity contribution in [3.63, 3.8) is 0 Å². The van der Waals surface area contributed by atoms with Crippen LogP contribution in [-0.2, 0) is 0 Å². The molecule has 2 heterocycles. The predicted molar refractivity (Wildman–Crippen MR) is 92.9 cm³/mol. The molecule has 0 saturated carbocycles. The van der Waals surface area contributed by atoms with Crippen LogP contribution in [0.1, 0.15) is 64.3 Å². The second kappa shape index (κ2) is 5.82. The Morgan fingerprint density at radius 1 is 1.10 bits per heavy atom. The number of anilines is 1. The van der Waals surface area contributed by atoms with Gasteiger partial charge < -0.3 is 4.90 Å². The van der Waals surface area contributed by atoms with Gasteiger partial charge in [0.2, 0.25) is 0 Å². The summed E-state index contributed by atoms with van der Waals surface area (Å²) >= 11 is 0. The van der Waals surface area contributed by atoms with Gasteiger partial charge in [-0.3, -0.25) is 0 Å². The van der Waals surface area contributed by atoms with Crippen LogP contribution >= 0.6 is 0 Å². The van der Waals surface area contributed by atoms with Crippen molar-refractivity contribution < 1.29 is 0 Å². The van der Waals surface area contributed by atoms with Crippen LogP contribution in [0.15, 0.2) is 12.1 Å². The minimum atomic E-state index is 0.467. The van der Waals surface area contributed by atoms with E-state index in [4.69, 9.17) is 4.98 Å². The number of nitrogens with zero attached hydrogens (tertiary/aromatic N) is 2. The Balaban J connectivity index is 2.80. The van der Waals surface area contributed by atoms with Gasteiger partial charge in [-0.05, 0) is 48.8 Å². The van der Waals surface area contributed by atoms with Crippen LogP contribution in [0, 0.1) is 18.8 Å². The van der Waals surface area contributed by atoms with Gasteiger partial charge in [0.05, 0.1) is 0 Å². The molecule has 0 fully saturated rings. The van der Waals surface area contributed by atoms with E-state index in [2.05, 4.69) is 72.6 Å². The maximum absolute atomic E-state index is 4.90. The van der Waals surface area contributed by atoms with E-state index < -0.39 is 0 Å². The van der Waals surface area contributed by atoms with Gasteiger partial charge in [-0.15, -0.1) is 0 Å². The zero-order chi connectivity index (χ0) is 15.9. The van der Waals surface area contributed by atoms with Crippen molar-refractivity contribution >= 4 is 11.4 Å². The molecule has 2 nitrogen and oxygen atoms in total. The standard InChI is InChI=1S/C19H30N2/c1-11(2)16-9-13(5)15(7)21(8)19-18(16)17(12(3)4)10-14(6)20-19/h9-13,15H,1-8H3/t13-,15-/m1/s1. The molecule has 0 N–H and O–H groups in total. The average Bonchev–Trinajstić information content (AvgIpc) is 2.49. The van der Waals surface area contributed by atoms with E-state index in [1.807, 2.05) is 0 Å². The Kier molecular flexibility index (Phi) is 4.46. The Morgan fingerprint density at radius 3 is 2.24 bits per heavy atom. The molecule has 0 aromatic carbocycles. The van der Waals surface area contributed by atoms with Crippen molar-refractivity contribution in [2.75, 3.05) is 11.9 Å². The molecule has 0 amide bonds. The van der Waals surface area contributed by atoms with Crippen LogP contribution in [0.5, 0.6) is 0 Å². The lowest BCUT2D eigenvalue weighted by molar-refractivity contribution is 0.551. The highest BCUT2D eigenvalue weighted by Crippen LogP contribution is 2.41. The third kappa shape index (κ3) is 2.86. The lowest BCUT2D eigenvalue weighted by Crippen LogP contribution is -2.34. The van der Waals surface area contributed by atoms with E-state index in [0.29, 0.717) is 23.8 Å². The lowest BCUT2D eigenvalue weighted by Gasteiger charge is -2.30. The van der Waals surface area contributed by atoms with Crippen molar-refractivity contribution in [1.29, 1.82) is 0 Å². The topological polar surface area (TPSA) is 16.1 Å². The van der Waals surface area contributed by atoms with Crippen molar-refractivity contribution in [2.24, 2.45) is 11.8 Å². The molecular formula is C19H30N2. The molecule has 0 saturated heterocycles. The summed E-state index contributed by atoms with van der Waals surface area (Å²) in [5.41, 5.74) is 5.40. The maximum atomic E-state index is 4.90. The first-order valence-corrected chi connectivity index (χ1v) is 8.20. The molecule has 21 heavy (non-hydrogen) atoms. The van der Waals surface area contributed by atoms with Gasteiger partial charge >= 0.3 is 0 Å². The highest BCUT2D eigenvalue weighted by atomic mass is 15.2. The molecule has 1 aliphatic heterocycles. The molecule has 2 atom stereocenters. The third-order valence-electron chi connectivity index (χ3n) is 4.84. The highest BCUT2D eigenvalue weighted by Gasteiger charge is 2.29. The first kappa shape index (κ1) is 16.1. The number of fused-ring (bicyclic) bond motifs is 1. The molecule has 1 aromatic heterocycles.